The van der Waals surface area contributed by atoms with Crippen LogP contribution < -0.4 is 5.73 Å². The van der Waals surface area contributed by atoms with E-state index in [4.69, 9.17) is 5.73 Å². The lowest BCUT2D eigenvalue weighted by Gasteiger charge is -2.30. The summed E-state index contributed by atoms with van der Waals surface area (Å²) in [5, 5.41) is 0. The molecule has 0 aromatic heterocycles. The van der Waals surface area contributed by atoms with Gasteiger partial charge in [-0.05, 0) is 43.6 Å². The number of hydrogen-bond acceptors (Lipinski definition) is 2. The van der Waals surface area contributed by atoms with Crippen molar-refractivity contribution in [3.8, 4) is 0 Å². The normalized spacial score (nSPS) is 16.9. The average Bonchev–Trinajstić information content (AvgIpc) is 2.05. The van der Waals surface area contributed by atoms with Crippen LogP contribution in [0.4, 0.5) is 5.69 Å². The number of benzene rings is 1. The van der Waals surface area contributed by atoms with Crippen LogP contribution >= 0.6 is 0 Å². The summed E-state index contributed by atoms with van der Waals surface area (Å²) in [6.07, 6.45) is 2.53. The number of likely N-dealkylation sites (tertiary alicyclic amines) is 1. The lowest BCUT2D eigenvalue weighted by Crippen LogP contribution is -2.38. The molecule has 13 heavy (non-hydrogen) atoms. The van der Waals surface area contributed by atoms with E-state index in [0.717, 1.165) is 12.1 Å². The molecule has 2 nitrogen and oxygen atoms in total. The van der Waals surface area contributed by atoms with E-state index in [9.17, 15) is 0 Å². The van der Waals surface area contributed by atoms with E-state index < -0.39 is 0 Å². The van der Waals surface area contributed by atoms with Crippen molar-refractivity contribution in [1.82, 2.24) is 4.90 Å². The number of anilines is 1. The molecule has 2 N–H and O–H groups in total. The van der Waals surface area contributed by atoms with E-state index in [1.165, 1.54) is 31.6 Å². The Kier molecular flexibility index (Phi) is 2.50. The zero-order valence-electron chi connectivity index (χ0n) is 7.87. The van der Waals surface area contributed by atoms with Crippen LogP contribution in [0.5, 0.6) is 0 Å². The largest absolute Gasteiger partial charge is 0.399 e. The molecule has 70 valence electrons. The van der Waals surface area contributed by atoms with Crippen molar-refractivity contribution in [3.63, 3.8) is 0 Å². The van der Waals surface area contributed by atoms with E-state index in [1.54, 1.807) is 0 Å². The number of rotatable bonds is 3. The summed E-state index contributed by atoms with van der Waals surface area (Å²) in [7, 11) is 0. The molecule has 1 aliphatic heterocycles. The van der Waals surface area contributed by atoms with E-state index in [-0.39, 0.29) is 0 Å². The van der Waals surface area contributed by atoms with Crippen LogP contribution in [-0.2, 0) is 6.42 Å². The fourth-order valence-corrected chi connectivity index (χ4v) is 1.58. The third-order valence-corrected chi connectivity index (χ3v) is 2.65. The molecule has 2 rings (SSSR count). The van der Waals surface area contributed by atoms with Crippen LogP contribution in [0, 0.1) is 0 Å². The van der Waals surface area contributed by atoms with E-state index in [0.29, 0.717) is 0 Å². The van der Waals surface area contributed by atoms with Gasteiger partial charge in [0.15, 0.2) is 0 Å². The maximum absolute atomic E-state index is 5.61. The summed E-state index contributed by atoms with van der Waals surface area (Å²) < 4.78 is 0. The van der Waals surface area contributed by atoms with Gasteiger partial charge in [-0.1, -0.05) is 12.1 Å². The van der Waals surface area contributed by atoms with Crippen molar-refractivity contribution in [1.29, 1.82) is 0 Å². The molecule has 1 aliphatic rings. The van der Waals surface area contributed by atoms with Gasteiger partial charge in [0.05, 0.1) is 0 Å². The maximum atomic E-state index is 5.61. The van der Waals surface area contributed by atoms with Gasteiger partial charge in [0.25, 0.3) is 0 Å². The second kappa shape index (κ2) is 3.79. The maximum Gasteiger partial charge on any atom is 0.0314 e. The summed E-state index contributed by atoms with van der Waals surface area (Å²) in [5.41, 5.74) is 7.85. The van der Waals surface area contributed by atoms with Crippen LogP contribution in [0.15, 0.2) is 24.3 Å². The monoisotopic (exact) mass is 176 g/mol. The van der Waals surface area contributed by atoms with Gasteiger partial charge in [-0.3, -0.25) is 0 Å². The first-order valence-electron chi connectivity index (χ1n) is 4.91. The number of nitrogens with zero attached hydrogens (tertiary/aromatic N) is 1. The average molecular weight is 176 g/mol. The summed E-state index contributed by atoms with van der Waals surface area (Å²) in [4.78, 5) is 2.48. The molecule has 1 fully saturated rings. The Morgan fingerprint density at radius 2 is 1.85 bits per heavy atom. The Hall–Kier alpha value is -1.02. The highest BCUT2D eigenvalue weighted by Crippen LogP contribution is 2.10. The highest BCUT2D eigenvalue weighted by Gasteiger charge is 2.12. The second-order valence-electron chi connectivity index (χ2n) is 3.69. The van der Waals surface area contributed by atoms with Crippen LogP contribution in [-0.4, -0.2) is 24.5 Å². The van der Waals surface area contributed by atoms with Crippen molar-refractivity contribution in [2.24, 2.45) is 0 Å². The molecule has 0 spiro atoms. The Bertz CT molecular complexity index is 262. The first-order valence-corrected chi connectivity index (χ1v) is 4.91. The van der Waals surface area contributed by atoms with Gasteiger partial charge < -0.3 is 10.6 Å². The van der Waals surface area contributed by atoms with Crippen molar-refractivity contribution in [2.45, 2.75) is 12.8 Å². The number of nitrogens with two attached hydrogens (primary N) is 1. The fourth-order valence-electron chi connectivity index (χ4n) is 1.58. The van der Waals surface area contributed by atoms with Gasteiger partial charge in [0.1, 0.15) is 0 Å². The van der Waals surface area contributed by atoms with Gasteiger partial charge in [-0.15, -0.1) is 0 Å². The minimum Gasteiger partial charge on any atom is -0.399 e. The zero-order chi connectivity index (χ0) is 9.10. The summed E-state index contributed by atoms with van der Waals surface area (Å²) >= 11 is 0. The molecular weight excluding hydrogens is 160 g/mol. The van der Waals surface area contributed by atoms with Crippen molar-refractivity contribution in [3.05, 3.63) is 29.8 Å². The first kappa shape index (κ1) is 8.57. The standard InChI is InChI=1S/C11H16N2/c12-11-4-2-10(3-5-11)6-9-13-7-1-8-13/h2-5H,1,6-9,12H2. The molecule has 1 aromatic carbocycles. The van der Waals surface area contributed by atoms with Gasteiger partial charge in [-0.25, -0.2) is 0 Å². The molecule has 0 bridgehead atoms. The van der Waals surface area contributed by atoms with Crippen molar-refractivity contribution < 1.29 is 0 Å². The highest BCUT2D eigenvalue weighted by atomic mass is 15.2. The third-order valence-electron chi connectivity index (χ3n) is 2.65. The molecule has 1 saturated heterocycles. The summed E-state index contributed by atoms with van der Waals surface area (Å²) in [6, 6.07) is 8.20. The predicted molar refractivity (Wildman–Crippen MR) is 55.6 cm³/mol. The lowest BCUT2D eigenvalue weighted by molar-refractivity contribution is 0.184. The second-order valence-corrected chi connectivity index (χ2v) is 3.69. The number of hydrogen-bond donors (Lipinski definition) is 1. The molecular formula is C11H16N2. The molecule has 0 atom stereocenters. The van der Waals surface area contributed by atoms with Gasteiger partial charge in [0.2, 0.25) is 0 Å². The minimum atomic E-state index is 0.854. The molecule has 0 aliphatic carbocycles. The summed E-state index contributed by atoms with van der Waals surface area (Å²) in [5.74, 6) is 0. The summed E-state index contributed by atoms with van der Waals surface area (Å²) in [6.45, 7) is 3.77. The Balaban J connectivity index is 1.83. The smallest absolute Gasteiger partial charge is 0.0314 e. The quantitative estimate of drug-likeness (QED) is 0.707. The molecule has 1 heterocycles. The van der Waals surface area contributed by atoms with Gasteiger partial charge in [0, 0.05) is 12.2 Å². The predicted octanol–water partition coefficient (Wildman–Crippen LogP) is 1.52. The van der Waals surface area contributed by atoms with Crippen molar-refractivity contribution >= 4 is 5.69 Å². The van der Waals surface area contributed by atoms with Crippen LogP contribution in [0.3, 0.4) is 0 Å². The Morgan fingerprint density at radius 3 is 2.38 bits per heavy atom. The topological polar surface area (TPSA) is 29.3 Å². The van der Waals surface area contributed by atoms with Gasteiger partial charge >= 0.3 is 0 Å². The van der Waals surface area contributed by atoms with Crippen LogP contribution in [0.2, 0.25) is 0 Å². The van der Waals surface area contributed by atoms with E-state index in [1.807, 2.05) is 12.1 Å². The van der Waals surface area contributed by atoms with E-state index in [2.05, 4.69) is 17.0 Å². The van der Waals surface area contributed by atoms with E-state index >= 15 is 0 Å². The minimum absolute atomic E-state index is 0.854. The molecule has 0 unspecified atom stereocenters. The number of nitrogen functional groups attached to an aromatic ring is 1. The first-order chi connectivity index (χ1) is 6.34. The Morgan fingerprint density at radius 1 is 1.15 bits per heavy atom. The fraction of sp³-hybridized carbons (Fsp3) is 0.455. The molecule has 0 amide bonds. The zero-order valence-corrected chi connectivity index (χ0v) is 7.87. The third kappa shape index (κ3) is 2.22. The molecule has 0 saturated carbocycles. The molecule has 2 heteroatoms. The van der Waals surface area contributed by atoms with Crippen LogP contribution in [0.25, 0.3) is 0 Å². The molecule has 0 radical (unpaired) electrons. The lowest BCUT2D eigenvalue weighted by atomic mass is 10.1. The van der Waals surface area contributed by atoms with Gasteiger partial charge in [-0.2, -0.15) is 0 Å². The van der Waals surface area contributed by atoms with Crippen molar-refractivity contribution in [2.75, 3.05) is 25.4 Å². The molecule has 1 aromatic rings. The SMILES string of the molecule is Nc1ccc(CCN2CCC2)cc1. The Labute approximate surface area is 79.4 Å². The van der Waals surface area contributed by atoms with Crippen LogP contribution in [0.1, 0.15) is 12.0 Å². The highest BCUT2D eigenvalue weighted by molar-refractivity contribution is 5.39.